The molecule has 1 fully saturated rings. The number of carbonyl (C=O) groups is 2. The molecule has 5 nitrogen and oxygen atoms in total. The van der Waals surface area contributed by atoms with E-state index >= 15 is 0 Å². The van der Waals surface area contributed by atoms with E-state index in [-0.39, 0.29) is 42.1 Å². The molecule has 0 aliphatic carbocycles. The van der Waals surface area contributed by atoms with E-state index in [1.807, 2.05) is 20.8 Å². The van der Waals surface area contributed by atoms with Crippen molar-refractivity contribution in [2.24, 2.45) is 17.3 Å². The molecule has 0 radical (unpaired) electrons. The molecule has 0 saturated carbocycles. The third-order valence-electron chi connectivity index (χ3n) is 4.06. The second-order valence-corrected chi connectivity index (χ2v) is 6.79. The van der Waals surface area contributed by atoms with E-state index in [4.69, 9.17) is 4.74 Å². The SMILES string of the molecule is CC(C)(C)[C@@H]1CNC(=O)[C@H]1C(=O)NCCOc1ccc(F)cc1. The Morgan fingerprint density at radius 3 is 2.61 bits per heavy atom. The fourth-order valence-corrected chi connectivity index (χ4v) is 2.71. The molecule has 1 aliphatic rings. The molecule has 1 aromatic carbocycles. The summed E-state index contributed by atoms with van der Waals surface area (Å²) in [4.78, 5) is 24.2. The minimum Gasteiger partial charge on any atom is -0.492 e. The van der Waals surface area contributed by atoms with Crippen LogP contribution in [0.3, 0.4) is 0 Å². The van der Waals surface area contributed by atoms with Gasteiger partial charge in [0, 0.05) is 12.5 Å². The van der Waals surface area contributed by atoms with Gasteiger partial charge in [0.1, 0.15) is 24.1 Å². The number of nitrogens with one attached hydrogen (secondary N) is 2. The Morgan fingerprint density at radius 1 is 1.35 bits per heavy atom. The lowest BCUT2D eigenvalue weighted by Gasteiger charge is -2.29. The average Bonchev–Trinajstić information content (AvgIpc) is 2.87. The standard InChI is InChI=1S/C17H23FN2O3/c1-17(2,3)13-10-20-16(22)14(13)15(21)19-8-9-23-12-6-4-11(18)5-7-12/h4-7,13-14H,8-10H2,1-3H3,(H,19,21)(H,20,22)/t13-,14-/m1/s1. The van der Waals surface area contributed by atoms with Crippen LogP contribution in [-0.2, 0) is 9.59 Å². The molecular formula is C17H23FN2O3. The van der Waals surface area contributed by atoms with Gasteiger partial charge in [-0.05, 0) is 29.7 Å². The summed E-state index contributed by atoms with van der Waals surface area (Å²) in [5.41, 5.74) is -0.133. The summed E-state index contributed by atoms with van der Waals surface area (Å²) in [5, 5.41) is 5.50. The van der Waals surface area contributed by atoms with Gasteiger partial charge in [-0.15, -0.1) is 0 Å². The quantitative estimate of drug-likeness (QED) is 0.641. The Morgan fingerprint density at radius 2 is 2.00 bits per heavy atom. The monoisotopic (exact) mass is 322 g/mol. The summed E-state index contributed by atoms with van der Waals surface area (Å²) in [6, 6.07) is 5.67. The first-order valence-electron chi connectivity index (χ1n) is 7.73. The predicted octanol–water partition coefficient (Wildman–Crippen LogP) is 1.73. The first kappa shape index (κ1) is 17.2. The van der Waals surface area contributed by atoms with Gasteiger partial charge in [0.25, 0.3) is 0 Å². The zero-order valence-electron chi connectivity index (χ0n) is 13.7. The second kappa shape index (κ2) is 6.98. The topological polar surface area (TPSA) is 67.4 Å². The largest absolute Gasteiger partial charge is 0.492 e. The fourth-order valence-electron chi connectivity index (χ4n) is 2.71. The van der Waals surface area contributed by atoms with Gasteiger partial charge in [-0.1, -0.05) is 20.8 Å². The number of hydrogen-bond donors (Lipinski definition) is 2. The molecule has 2 amide bonds. The molecule has 1 aliphatic heterocycles. The zero-order chi connectivity index (χ0) is 17.0. The maximum absolute atomic E-state index is 12.8. The predicted molar refractivity (Wildman–Crippen MR) is 84.3 cm³/mol. The molecule has 0 unspecified atom stereocenters. The molecule has 6 heteroatoms. The molecule has 2 rings (SSSR count). The molecule has 2 N–H and O–H groups in total. The van der Waals surface area contributed by atoms with Gasteiger partial charge in [0.2, 0.25) is 11.8 Å². The smallest absolute Gasteiger partial charge is 0.233 e. The third-order valence-corrected chi connectivity index (χ3v) is 4.06. The molecule has 2 atom stereocenters. The van der Waals surface area contributed by atoms with Gasteiger partial charge in [0.15, 0.2) is 0 Å². The van der Waals surface area contributed by atoms with E-state index in [1.165, 1.54) is 24.3 Å². The Hall–Kier alpha value is -2.11. The van der Waals surface area contributed by atoms with Crippen LogP contribution in [0.2, 0.25) is 0 Å². The first-order chi connectivity index (χ1) is 10.8. The van der Waals surface area contributed by atoms with E-state index in [0.29, 0.717) is 12.3 Å². The van der Waals surface area contributed by atoms with Crippen LogP contribution in [0.4, 0.5) is 4.39 Å². The summed E-state index contributed by atoms with van der Waals surface area (Å²) >= 11 is 0. The summed E-state index contributed by atoms with van der Waals surface area (Å²) in [6.07, 6.45) is 0. The summed E-state index contributed by atoms with van der Waals surface area (Å²) < 4.78 is 18.2. The third kappa shape index (κ3) is 4.43. The minimum atomic E-state index is -0.666. The van der Waals surface area contributed by atoms with Crippen molar-refractivity contribution in [2.75, 3.05) is 19.7 Å². The van der Waals surface area contributed by atoms with Gasteiger partial charge in [-0.2, -0.15) is 0 Å². The van der Waals surface area contributed by atoms with E-state index in [1.54, 1.807) is 0 Å². The van der Waals surface area contributed by atoms with Gasteiger partial charge in [-0.25, -0.2) is 4.39 Å². The maximum atomic E-state index is 12.8. The van der Waals surface area contributed by atoms with E-state index < -0.39 is 5.92 Å². The van der Waals surface area contributed by atoms with Crippen molar-refractivity contribution in [1.29, 1.82) is 0 Å². The van der Waals surface area contributed by atoms with Crippen molar-refractivity contribution in [3.05, 3.63) is 30.1 Å². The summed E-state index contributed by atoms with van der Waals surface area (Å²) in [6.45, 7) is 7.14. The highest BCUT2D eigenvalue weighted by Gasteiger charge is 2.45. The van der Waals surface area contributed by atoms with Crippen molar-refractivity contribution < 1.29 is 18.7 Å². The van der Waals surface area contributed by atoms with Gasteiger partial charge in [-0.3, -0.25) is 9.59 Å². The number of ether oxygens (including phenoxy) is 1. The normalized spacial score (nSPS) is 21.0. The lowest BCUT2D eigenvalue weighted by molar-refractivity contribution is -0.135. The molecule has 126 valence electrons. The van der Waals surface area contributed by atoms with Crippen molar-refractivity contribution in [2.45, 2.75) is 20.8 Å². The van der Waals surface area contributed by atoms with Crippen LogP contribution in [0, 0.1) is 23.1 Å². The molecular weight excluding hydrogens is 299 g/mol. The number of carbonyl (C=O) groups excluding carboxylic acids is 2. The highest BCUT2D eigenvalue weighted by molar-refractivity contribution is 6.02. The van der Waals surface area contributed by atoms with Crippen molar-refractivity contribution in [3.63, 3.8) is 0 Å². The lowest BCUT2D eigenvalue weighted by Crippen LogP contribution is -2.42. The highest BCUT2D eigenvalue weighted by atomic mass is 19.1. The first-order valence-corrected chi connectivity index (χ1v) is 7.73. The van der Waals surface area contributed by atoms with Crippen LogP contribution in [0.15, 0.2) is 24.3 Å². The van der Waals surface area contributed by atoms with Crippen LogP contribution in [0.5, 0.6) is 5.75 Å². The van der Waals surface area contributed by atoms with E-state index in [9.17, 15) is 14.0 Å². The Bertz CT molecular complexity index is 566. The van der Waals surface area contributed by atoms with Crippen molar-refractivity contribution >= 4 is 11.8 Å². The van der Waals surface area contributed by atoms with Crippen LogP contribution in [-0.4, -0.2) is 31.5 Å². The number of benzene rings is 1. The van der Waals surface area contributed by atoms with Crippen molar-refractivity contribution in [1.82, 2.24) is 10.6 Å². The Labute approximate surface area is 135 Å². The second-order valence-electron chi connectivity index (χ2n) is 6.79. The van der Waals surface area contributed by atoms with Gasteiger partial charge < -0.3 is 15.4 Å². The maximum Gasteiger partial charge on any atom is 0.233 e. The van der Waals surface area contributed by atoms with Crippen LogP contribution >= 0.6 is 0 Å². The molecule has 0 aromatic heterocycles. The molecule has 1 aromatic rings. The van der Waals surface area contributed by atoms with E-state index in [2.05, 4.69) is 10.6 Å². The molecule has 0 bridgehead atoms. The Kier molecular flexibility index (Phi) is 5.23. The minimum absolute atomic E-state index is 0.0342. The van der Waals surface area contributed by atoms with Crippen LogP contribution in [0.25, 0.3) is 0 Å². The number of amides is 2. The summed E-state index contributed by atoms with van der Waals surface area (Å²) in [7, 11) is 0. The zero-order valence-corrected chi connectivity index (χ0v) is 13.7. The van der Waals surface area contributed by atoms with E-state index in [0.717, 1.165) is 0 Å². The average molecular weight is 322 g/mol. The van der Waals surface area contributed by atoms with Gasteiger partial charge in [0.05, 0.1) is 6.54 Å². The molecule has 0 spiro atoms. The fraction of sp³-hybridized carbons (Fsp3) is 0.529. The van der Waals surface area contributed by atoms with Gasteiger partial charge >= 0.3 is 0 Å². The number of hydrogen-bond acceptors (Lipinski definition) is 3. The molecule has 1 heterocycles. The number of halogens is 1. The summed E-state index contributed by atoms with van der Waals surface area (Å²) in [5.74, 6) is -0.990. The Balaban J connectivity index is 1.82. The lowest BCUT2D eigenvalue weighted by atomic mass is 9.74. The highest BCUT2D eigenvalue weighted by Crippen LogP contribution is 2.35. The molecule has 23 heavy (non-hydrogen) atoms. The van der Waals surface area contributed by atoms with Crippen LogP contribution in [0.1, 0.15) is 20.8 Å². The number of rotatable bonds is 5. The molecule has 1 saturated heterocycles. The van der Waals surface area contributed by atoms with Crippen molar-refractivity contribution in [3.8, 4) is 5.75 Å². The van der Waals surface area contributed by atoms with Crippen LogP contribution < -0.4 is 15.4 Å².